The van der Waals surface area contributed by atoms with Crippen molar-refractivity contribution in [3.05, 3.63) is 34.7 Å². The summed E-state index contributed by atoms with van der Waals surface area (Å²) in [5.74, 6) is 0.388. The van der Waals surface area contributed by atoms with Crippen LogP contribution < -0.4 is 5.73 Å². The van der Waals surface area contributed by atoms with Gasteiger partial charge in [-0.25, -0.2) is 4.79 Å². The SMILES string of the molecule is COC(=O)c1cc(-c2noc(CN)n2)c(C)cc1C. The number of methoxy groups -OCH3 is 1. The molecule has 2 N–H and O–H groups in total. The minimum Gasteiger partial charge on any atom is -0.465 e. The molecule has 0 fully saturated rings. The normalized spacial score (nSPS) is 10.5. The van der Waals surface area contributed by atoms with Gasteiger partial charge in [0.25, 0.3) is 0 Å². The van der Waals surface area contributed by atoms with Crippen LogP contribution in [-0.4, -0.2) is 23.2 Å². The third kappa shape index (κ3) is 2.48. The summed E-state index contributed by atoms with van der Waals surface area (Å²) in [4.78, 5) is 15.8. The Morgan fingerprint density at radius 1 is 1.37 bits per heavy atom. The van der Waals surface area contributed by atoms with Crippen LogP contribution in [0.25, 0.3) is 11.4 Å². The van der Waals surface area contributed by atoms with Crippen molar-refractivity contribution in [3.8, 4) is 11.4 Å². The van der Waals surface area contributed by atoms with Crippen LogP contribution in [0.2, 0.25) is 0 Å². The molecule has 0 spiro atoms. The van der Waals surface area contributed by atoms with Crippen molar-refractivity contribution in [1.82, 2.24) is 10.1 Å². The Balaban J connectivity index is 2.53. The number of rotatable bonds is 3. The summed E-state index contributed by atoms with van der Waals surface area (Å²) in [6.45, 7) is 3.95. The second-order valence-corrected chi connectivity index (χ2v) is 4.19. The first-order valence-corrected chi connectivity index (χ1v) is 5.79. The van der Waals surface area contributed by atoms with E-state index in [-0.39, 0.29) is 12.5 Å². The van der Waals surface area contributed by atoms with Crippen LogP contribution in [-0.2, 0) is 11.3 Å². The number of aromatic nitrogens is 2. The van der Waals surface area contributed by atoms with E-state index in [0.29, 0.717) is 17.3 Å². The van der Waals surface area contributed by atoms with Gasteiger partial charge >= 0.3 is 5.97 Å². The minimum atomic E-state index is -0.388. The second-order valence-electron chi connectivity index (χ2n) is 4.19. The molecular weight excluding hydrogens is 246 g/mol. The summed E-state index contributed by atoms with van der Waals surface area (Å²) in [6, 6.07) is 3.60. The van der Waals surface area contributed by atoms with Gasteiger partial charge in [-0.1, -0.05) is 11.2 Å². The summed E-state index contributed by atoms with van der Waals surface area (Å²) in [5.41, 5.74) is 8.45. The fraction of sp³-hybridized carbons (Fsp3) is 0.308. The number of esters is 1. The highest BCUT2D eigenvalue weighted by Crippen LogP contribution is 2.25. The molecule has 2 aromatic rings. The van der Waals surface area contributed by atoms with Crippen molar-refractivity contribution in [2.75, 3.05) is 7.11 Å². The molecule has 0 aliphatic rings. The standard InChI is InChI=1S/C13H15N3O3/c1-7-4-8(2)10(13(17)18-3)5-9(7)12-15-11(6-14)19-16-12/h4-5H,6,14H2,1-3H3. The molecule has 0 amide bonds. The lowest BCUT2D eigenvalue weighted by Gasteiger charge is -2.08. The second kappa shape index (κ2) is 5.19. The Morgan fingerprint density at radius 3 is 2.68 bits per heavy atom. The lowest BCUT2D eigenvalue weighted by atomic mass is 9.99. The molecule has 0 bridgehead atoms. The van der Waals surface area contributed by atoms with E-state index in [2.05, 4.69) is 10.1 Å². The molecule has 19 heavy (non-hydrogen) atoms. The van der Waals surface area contributed by atoms with Crippen molar-refractivity contribution < 1.29 is 14.1 Å². The van der Waals surface area contributed by atoms with Gasteiger partial charge in [-0.05, 0) is 31.0 Å². The zero-order valence-corrected chi connectivity index (χ0v) is 11.1. The molecule has 0 saturated heterocycles. The van der Waals surface area contributed by atoms with E-state index < -0.39 is 0 Å². The van der Waals surface area contributed by atoms with Gasteiger partial charge in [0.05, 0.1) is 19.2 Å². The van der Waals surface area contributed by atoms with Gasteiger partial charge in [0, 0.05) is 5.56 Å². The van der Waals surface area contributed by atoms with Crippen molar-refractivity contribution in [1.29, 1.82) is 0 Å². The number of ether oxygens (including phenoxy) is 1. The van der Waals surface area contributed by atoms with Crippen LogP contribution in [0, 0.1) is 13.8 Å². The highest BCUT2D eigenvalue weighted by Gasteiger charge is 2.16. The molecule has 0 aliphatic heterocycles. The van der Waals surface area contributed by atoms with E-state index in [1.807, 2.05) is 19.9 Å². The van der Waals surface area contributed by atoms with Crippen LogP contribution in [0.1, 0.15) is 27.4 Å². The summed E-state index contributed by atoms with van der Waals surface area (Å²) in [7, 11) is 1.35. The van der Waals surface area contributed by atoms with Gasteiger partial charge < -0.3 is 15.0 Å². The Kier molecular flexibility index (Phi) is 3.62. The summed E-state index contributed by atoms with van der Waals surface area (Å²) in [5, 5.41) is 3.86. The maximum atomic E-state index is 11.7. The Hall–Kier alpha value is -2.21. The zero-order chi connectivity index (χ0) is 14.0. The number of carbonyl (C=O) groups is 1. The third-order valence-electron chi connectivity index (χ3n) is 2.86. The van der Waals surface area contributed by atoms with E-state index in [4.69, 9.17) is 15.0 Å². The Labute approximate surface area is 110 Å². The largest absolute Gasteiger partial charge is 0.465 e. The number of nitrogens with two attached hydrogens (primary N) is 1. The van der Waals surface area contributed by atoms with Crippen molar-refractivity contribution in [2.45, 2.75) is 20.4 Å². The zero-order valence-electron chi connectivity index (χ0n) is 11.1. The van der Waals surface area contributed by atoms with Gasteiger partial charge in [-0.15, -0.1) is 0 Å². The van der Waals surface area contributed by atoms with Crippen LogP contribution in [0.3, 0.4) is 0 Å². The van der Waals surface area contributed by atoms with Crippen LogP contribution in [0.4, 0.5) is 0 Å². The highest BCUT2D eigenvalue weighted by atomic mass is 16.5. The predicted octanol–water partition coefficient (Wildman–Crippen LogP) is 1.60. The van der Waals surface area contributed by atoms with Crippen LogP contribution in [0.5, 0.6) is 0 Å². The molecule has 1 aromatic carbocycles. The molecule has 0 radical (unpaired) electrons. The molecule has 0 unspecified atom stereocenters. The highest BCUT2D eigenvalue weighted by molar-refractivity contribution is 5.92. The van der Waals surface area contributed by atoms with Gasteiger partial charge in [0.15, 0.2) is 0 Å². The minimum absolute atomic E-state index is 0.182. The van der Waals surface area contributed by atoms with Gasteiger partial charge in [-0.3, -0.25) is 0 Å². The molecule has 6 heteroatoms. The Morgan fingerprint density at radius 2 is 2.11 bits per heavy atom. The smallest absolute Gasteiger partial charge is 0.338 e. The maximum absolute atomic E-state index is 11.7. The third-order valence-corrected chi connectivity index (χ3v) is 2.86. The lowest BCUT2D eigenvalue weighted by molar-refractivity contribution is 0.0600. The number of benzene rings is 1. The molecule has 1 aromatic heterocycles. The topological polar surface area (TPSA) is 91.2 Å². The van der Waals surface area contributed by atoms with Crippen molar-refractivity contribution >= 4 is 5.97 Å². The fourth-order valence-corrected chi connectivity index (χ4v) is 1.87. The number of hydrogen-bond donors (Lipinski definition) is 1. The van der Waals surface area contributed by atoms with Crippen LogP contribution in [0.15, 0.2) is 16.7 Å². The van der Waals surface area contributed by atoms with Gasteiger partial charge in [0.2, 0.25) is 11.7 Å². The molecule has 100 valence electrons. The van der Waals surface area contributed by atoms with Crippen molar-refractivity contribution in [3.63, 3.8) is 0 Å². The predicted molar refractivity (Wildman–Crippen MR) is 68.4 cm³/mol. The molecule has 2 rings (SSSR count). The van der Waals surface area contributed by atoms with Gasteiger partial charge in [0.1, 0.15) is 0 Å². The summed E-state index contributed by atoms with van der Waals surface area (Å²) >= 11 is 0. The van der Waals surface area contributed by atoms with E-state index >= 15 is 0 Å². The molecule has 0 saturated carbocycles. The maximum Gasteiger partial charge on any atom is 0.338 e. The quantitative estimate of drug-likeness (QED) is 0.844. The molecule has 0 atom stereocenters. The fourth-order valence-electron chi connectivity index (χ4n) is 1.87. The number of hydrogen-bond acceptors (Lipinski definition) is 6. The first-order chi connectivity index (χ1) is 9.06. The van der Waals surface area contributed by atoms with Crippen LogP contribution >= 0.6 is 0 Å². The van der Waals surface area contributed by atoms with Crippen molar-refractivity contribution in [2.24, 2.45) is 5.73 Å². The molecule has 6 nitrogen and oxygen atoms in total. The number of carbonyl (C=O) groups excluding carboxylic acids is 1. The summed E-state index contributed by atoms with van der Waals surface area (Å²) in [6.07, 6.45) is 0. The van der Waals surface area contributed by atoms with E-state index in [0.717, 1.165) is 16.7 Å². The average molecular weight is 261 g/mol. The Bertz CT molecular complexity index is 620. The molecular formula is C13H15N3O3. The molecule has 1 heterocycles. The average Bonchev–Trinajstić information content (AvgIpc) is 2.86. The summed E-state index contributed by atoms with van der Waals surface area (Å²) < 4.78 is 9.73. The first-order valence-electron chi connectivity index (χ1n) is 5.79. The van der Waals surface area contributed by atoms with E-state index in [1.165, 1.54) is 7.11 Å². The van der Waals surface area contributed by atoms with Gasteiger partial charge in [-0.2, -0.15) is 4.98 Å². The monoisotopic (exact) mass is 261 g/mol. The first kappa shape index (κ1) is 13.2. The molecule has 0 aliphatic carbocycles. The van der Waals surface area contributed by atoms with E-state index in [9.17, 15) is 4.79 Å². The van der Waals surface area contributed by atoms with E-state index in [1.54, 1.807) is 6.07 Å². The number of nitrogens with zero attached hydrogens (tertiary/aromatic N) is 2. The lowest BCUT2D eigenvalue weighted by Crippen LogP contribution is -2.05. The number of aryl methyl sites for hydroxylation is 2.